The minimum absolute atomic E-state index is 0.552. The summed E-state index contributed by atoms with van der Waals surface area (Å²) < 4.78 is 5.50. The first-order valence-corrected chi connectivity index (χ1v) is 7.93. The molecular weight excluding hydrogens is 262 g/mol. The Hall–Kier alpha value is -1.26. The summed E-state index contributed by atoms with van der Waals surface area (Å²) in [6.45, 7) is 6.73. The lowest BCUT2D eigenvalue weighted by Crippen LogP contribution is -2.38. The summed E-state index contributed by atoms with van der Waals surface area (Å²) in [6, 6.07) is 6.99. The zero-order valence-electron chi connectivity index (χ0n) is 13.9. The van der Waals surface area contributed by atoms with Crippen LogP contribution in [0, 0.1) is 0 Å². The van der Waals surface area contributed by atoms with Gasteiger partial charge < -0.3 is 19.9 Å². The van der Waals surface area contributed by atoms with E-state index in [-0.39, 0.29) is 0 Å². The highest BCUT2D eigenvalue weighted by Crippen LogP contribution is 2.28. The van der Waals surface area contributed by atoms with Crippen molar-refractivity contribution in [3.05, 3.63) is 23.8 Å². The van der Waals surface area contributed by atoms with E-state index in [1.165, 1.54) is 31.5 Å². The molecule has 1 aliphatic rings. The molecule has 0 aliphatic carbocycles. The van der Waals surface area contributed by atoms with Crippen molar-refractivity contribution in [1.29, 1.82) is 0 Å². The fraction of sp³-hybridized carbons (Fsp3) is 0.647. The predicted molar refractivity (Wildman–Crippen MR) is 89.1 cm³/mol. The van der Waals surface area contributed by atoms with E-state index in [4.69, 9.17) is 4.74 Å². The quantitative estimate of drug-likeness (QED) is 0.872. The van der Waals surface area contributed by atoms with Gasteiger partial charge in [-0.3, -0.25) is 0 Å². The lowest BCUT2D eigenvalue weighted by atomic mass is 10.0. The second-order valence-electron chi connectivity index (χ2n) is 6.13. The molecule has 0 radical (unpaired) electrons. The molecule has 21 heavy (non-hydrogen) atoms. The average Bonchev–Trinajstić information content (AvgIpc) is 2.48. The van der Waals surface area contributed by atoms with Gasteiger partial charge in [0.1, 0.15) is 5.75 Å². The molecule has 0 spiro atoms. The lowest BCUT2D eigenvalue weighted by Gasteiger charge is -2.32. The van der Waals surface area contributed by atoms with Crippen molar-refractivity contribution >= 4 is 5.69 Å². The number of hydrogen-bond donors (Lipinski definition) is 1. The smallest absolute Gasteiger partial charge is 0.141 e. The van der Waals surface area contributed by atoms with Crippen LogP contribution in [0.15, 0.2) is 18.2 Å². The normalized spacial score (nSPS) is 17.2. The molecule has 1 N–H and O–H groups in total. The second kappa shape index (κ2) is 7.66. The predicted octanol–water partition coefficient (Wildman–Crippen LogP) is 2.65. The van der Waals surface area contributed by atoms with Gasteiger partial charge in [0.2, 0.25) is 0 Å². The van der Waals surface area contributed by atoms with E-state index in [1.807, 2.05) is 0 Å². The number of nitrogens with one attached hydrogen (secondary N) is 1. The number of methoxy groups -OCH3 is 1. The molecule has 1 aromatic carbocycles. The number of hydrogen-bond acceptors (Lipinski definition) is 4. The van der Waals surface area contributed by atoms with Crippen molar-refractivity contribution in [2.75, 3.05) is 46.2 Å². The van der Waals surface area contributed by atoms with Gasteiger partial charge in [0, 0.05) is 25.7 Å². The first-order valence-electron chi connectivity index (χ1n) is 7.93. The number of likely N-dealkylation sites (tertiary alicyclic amines) is 1. The summed E-state index contributed by atoms with van der Waals surface area (Å²) in [6.07, 6.45) is 2.41. The number of anilines is 1. The molecule has 1 fully saturated rings. The van der Waals surface area contributed by atoms with Gasteiger partial charge in [0.15, 0.2) is 0 Å². The van der Waals surface area contributed by atoms with Crippen molar-refractivity contribution in [2.24, 2.45) is 0 Å². The molecule has 1 aliphatic heterocycles. The lowest BCUT2D eigenvalue weighted by molar-refractivity contribution is 0.229. The highest BCUT2D eigenvalue weighted by Gasteiger charge is 2.19. The molecule has 0 amide bonds. The van der Waals surface area contributed by atoms with Crippen molar-refractivity contribution in [2.45, 2.75) is 32.4 Å². The van der Waals surface area contributed by atoms with Crippen LogP contribution < -0.4 is 10.1 Å². The standard InChI is InChI=1S/C17H29N3O/c1-5-20-10-8-15(9-11-20)18-16-12-14(13-19(2)3)6-7-17(16)21-4/h6-7,12,15,18H,5,8-11,13H2,1-4H3. The maximum absolute atomic E-state index is 5.50. The number of benzene rings is 1. The van der Waals surface area contributed by atoms with Gasteiger partial charge in [-0.25, -0.2) is 0 Å². The van der Waals surface area contributed by atoms with Crippen LogP contribution in [0.5, 0.6) is 5.75 Å². The van der Waals surface area contributed by atoms with Crippen LogP contribution in [0.1, 0.15) is 25.3 Å². The van der Waals surface area contributed by atoms with Gasteiger partial charge >= 0.3 is 0 Å². The highest BCUT2D eigenvalue weighted by molar-refractivity contribution is 5.58. The minimum atomic E-state index is 0.552. The Morgan fingerprint density at radius 1 is 1.29 bits per heavy atom. The Morgan fingerprint density at radius 2 is 2.00 bits per heavy atom. The molecular formula is C17H29N3O. The van der Waals surface area contributed by atoms with E-state index in [0.29, 0.717) is 6.04 Å². The van der Waals surface area contributed by atoms with E-state index in [0.717, 1.165) is 24.5 Å². The van der Waals surface area contributed by atoms with Crippen LogP contribution in [-0.4, -0.2) is 56.7 Å². The molecule has 118 valence electrons. The van der Waals surface area contributed by atoms with Gasteiger partial charge in [-0.15, -0.1) is 0 Å². The Kier molecular flexibility index (Phi) is 5.88. The molecule has 0 saturated carbocycles. The molecule has 2 rings (SSSR count). The second-order valence-corrected chi connectivity index (χ2v) is 6.13. The van der Waals surface area contributed by atoms with E-state index < -0.39 is 0 Å². The number of nitrogens with zero attached hydrogens (tertiary/aromatic N) is 2. The monoisotopic (exact) mass is 291 g/mol. The molecule has 1 saturated heterocycles. The maximum atomic E-state index is 5.50. The molecule has 0 atom stereocenters. The number of ether oxygens (including phenoxy) is 1. The maximum Gasteiger partial charge on any atom is 0.141 e. The topological polar surface area (TPSA) is 27.7 Å². The van der Waals surface area contributed by atoms with Crippen LogP contribution in [0.3, 0.4) is 0 Å². The zero-order valence-corrected chi connectivity index (χ0v) is 13.9. The van der Waals surface area contributed by atoms with Crippen LogP contribution >= 0.6 is 0 Å². The number of rotatable bonds is 6. The highest BCUT2D eigenvalue weighted by atomic mass is 16.5. The Labute approximate surface area is 129 Å². The Morgan fingerprint density at radius 3 is 2.57 bits per heavy atom. The van der Waals surface area contributed by atoms with Crippen LogP contribution in [0.25, 0.3) is 0 Å². The summed E-state index contributed by atoms with van der Waals surface area (Å²) in [5.41, 5.74) is 2.45. The third kappa shape index (κ3) is 4.61. The Bertz CT molecular complexity index is 440. The largest absolute Gasteiger partial charge is 0.495 e. The molecule has 0 bridgehead atoms. The van der Waals surface area contributed by atoms with Crippen LogP contribution in [0.4, 0.5) is 5.69 Å². The van der Waals surface area contributed by atoms with E-state index in [2.05, 4.69) is 54.3 Å². The summed E-state index contributed by atoms with van der Waals surface area (Å²) in [7, 11) is 5.93. The van der Waals surface area contributed by atoms with Crippen LogP contribution in [-0.2, 0) is 6.54 Å². The SMILES string of the molecule is CCN1CCC(Nc2cc(CN(C)C)ccc2OC)CC1. The summed E-state index contributed by atoms with van der Waals surface area (Å²) in [5.74, 6) is 0.940. The van der Waals surface area contributed by atoms with Crippen molar-refractivity contribution in [3.8, 4) is 5.75 Å². The van der Waals surface area contributed by atoms with Gasteiger partial charge in [0.05, 0.1) is 12.8 Å². The van der Waals surface area contributed by atoms with E-state index in [1.54, 1.807) is 7.11 Å². The van der Waals surface area contributed by atoms with Gasteiger partial charge in [0.25, 0.3) is 0 Å². The molecule has 1 heterocycles. The molecule has 0 unspecified atom stereocenters. The Balaban J connectivity index is 2.03. The minimum Gasteiger partial charge on any atom is -0.495 e. The van der Waals surface area contributed by atoms with Crippen molar-refractivity contribution < 1.29 is 4.74 Å². The molecule has 4 heteroatoms. The third-order valence-corrected chi connectivity index (χ3v) is 4.16. The van der Waals surface area contributed by atoms with Crippen molar-refractivity contribution in [3.63, 3.8) is 0 Å². The van der Waals surface area contributed by atoms with E-state index in [9.17, 15) is 0 Å². The van der Waals surface area contributed by atoms with E-state index >= 15 is 0 Å². The first kappa shape index (κ1) is 16.1. The summed E-state index contributed by atoms with van der Waals surface area (Å²) in [5, 5.41) is 3.69. The molecule has 4 nitrogen and oxygen atoms in total. The zero-order chi connectivity index (χ0) is 15.2. The van der Waals surface area contributed by atoms with Gasteiger partial charge in [-0.2, -0.15) is 0 Å². The number of piperidine rings is 1. The fourth-order valence-electron chi connectivity index (χ4n) is 2.94. The fourth-order valence-corrected chi connectivity index (χ4v) is 2.94. The van der Waals surface area contributed by atoms with Crippen molar-refractivity contribution in [1.82, 2.24) is 9.80 Å². The third-order valence-electron chi connectivity index (χ3n) is 4.16. The van der Waals surface area contributed by atoms with Gasteiger partial charge in [-0.05, 0) is 51.2 Å². The molecule has 1 aromatic rings. The summed E-state index contributed by atoms with van der Waals surface area (Å²) in [4.78, 5) is 4.70. The average molecular weight is 291 g/mol. The summed E-state index contributed by atoms with van der Waals surface area (Å²) >= 11 is 0. The van der Waals surface area contributed by atoms with Gasteiger partial charge in [-0.1, -0.05) is 13.0 Å². The molecule has 0 aromatic heterocycles. The first-order chi connectivity index (χ1) is 10.1. The van der Waals surface area contributed by atoms with Crippen LogP contribution in [0.2, 0.25) is 0 Å².